The van der Waals surface area contributed by atoms with Crippen molar-refractivity contribution in [2.24, 2.45) is 13.0 Å². The number of nitrogens with one attached hydrogen (secondary N) is 2. The van der Waals surface area contributed by atoms with E-state index in [0.29, 0.717) is 17.7 Å². The topological polar surface area (TPSA) is 88.9 Å². The molecule has 0 saturated heterocycles. The number of rotatable bonds is 4. The molecule has 1 unspecified atom stereocenters. The van der Waals surface area contributed by atoms with E-state index in [2.05, 4.69) is 20.9 Å². The van der Waals surface area contributed by atoms with E-state index in [9.17, 15) is 9.59 Å². The zero-order valence-corrected chi connectivity index (χ0v) is 14.7. The number of amides is 2. The van der Waals surface area contributed by atoms with Crippen LogP contribution in [-0.2, 0) is 19.9 Å². The summed E-state index contributed by atoms with van der Waals surface area (Å²) in [5.74, 6) is 0.0531. The molecule has 1 aromatic carbocycles. The summed E-state index contributed by atoms with van der Waals surface area (Å²) in [5.41, 5.74) is 3.41. The maximum Gasteiger partial charge on any atom is 0.319 e. The molecule has 0 aliphatic heterocycles. The molecule has 25 heavy (non-hydrogen) atoms. The van der Waals surface area contributed by atoms with Crippen LogP contribution in [0, 0.1) is 5.92 Å². The van der Waals surface area contributed by atoms with Gasteiger partial charge in [-0.3, -0.25) is 9.48 Å². The number of anilines is 1. The van der Waals surface area contributed by atoms with Crippen LogP contribution in [0.4, 0.5) is 10.5 Å². The number of ketones is 1. The van der Waals surface area contributed by atoms with E-state index in [1.54, 1.807) is 28.9 Å². The van der Waals surface area contributed by atoms with Crippen molar-refractivity contribution >= 4 is 17.5 Å². The highest BCUT2D eigenvalue weighted by atomic mass is 16.2. The van der Waals surface area contributed by atoms with Gasteiger partial charge in [-0.15, -0.1) is 5.10 Å². The highest BCUT2D eigenvalue weighted by Gasteiger charge is 2.24. The Kier molecular flexibility index (Phi) is 4.83. The van der Waals surface area contributed by atoms with Crippen LogP contribution >= 0.6 is 0 Å². The van der Waals surface area contributed by atoms with Crippen LogP contribution in [0.15, 0.2) is 24.3 Å². The fourth-order valence-electron chi connectivity index (χ4n) is 3.06. The van der Waals surface area contributed by atoms with Gasteiger partial charge in [0, 0.05) is 36.7 Å². The number of urea groups is 1. The van der Waals surface area contributed by atoms with Gasteiger partial charge in [0.25, 0.3) is 0 Å². The lowest BCUT2D eigenvalue weighted by molar-refractivity contribution is 0.0939. The maximum atomic E-state index is 12.2. The standard InChI is InChI=1S/C18H23N5O2/c1-11(2)17(24)12-4-6-13(7-5-12)19-18(25)20-14-8-9-16-15(10-14)21-22-23(16)3/h4-7,11,14H,8-10H2,1-3H3,(H2,19,20,25). The molecule has 1 atom stereocenters. The van der Waals surface area contributed by atoms with Crippen LogP contribution < -0.4 is 10.6 Å². The Morgan fingerprint density at radius 2 is 1.96 bits per heavy atom. The number of aryl methyl sites for hydroxylation is 1. The zero-order valence-electron chi connectivity index (χ0n) is 14.7. The van der Waals surface area contributed by atoms with Crippen molar-refractivity contribution in [2.75, 3.05) is 5.32 Å². The van der Waals surface area contributed by atoms with Crippen LogP contribution in [-0.4, -0.2) is 32.9 Å². The number of Topliss-reactive ketones (excluding diaryl/α,β-unsaturated/α-hetero) is 1. The van der Waals surface area contributed by atoms with E-state index in [1.807, 2.05) is 20.9 Å². The lowest BCUT2D eigenvalue weighted by atomic mass is 9.96. The molecule has 2 aromatic rings. The van der Waals surface area contributed by atoms with Gasteiger partial charge in [0.2, 0.25) is 0 Å². The van der Waals surface area contributed by atoms with Gasteiger partial charge in [-0.1, -0.05) is 19.1 Å². The predicted molar refractivity (Wildman–Crippen MR) is 94.6 cm³/mol. The summed E-state index contributed by atoms with van der Waals surface area (Å²) in [5, 5.41) is 14.0. The van der Waals surface area contributed by atoms with E-state index >= 15 is 0 Å². The van der Waals surface area contributed by atoms with Crippen LogP contribution in [0.2, 0.25) is 0 Å². The van der Waals surface area contributed by atoms with Crippen LogP contribution in [0.5, 0.6) is 0 Å². The van der Waals surface area contributed by atoms with E-state index in [0.717, 1.165) is 24.2 Å². The average molecular weight is 341 g/mol. The SMILES string of the molecule is CC(C)C(=O)c1ccc(NC(=O)NC2CCc3c(nnn3C)C2)cc1. The number of aromatic nitrogens is 3. The normalized spacial score (nSPS) is 16.4. The van der Waals surface area contributed by atoms with Gasteiger partial charge < -0.3 is 10.6 Å². The maximum absolute atomic E-state index is 12.2. The second kappa shape index (κ2) is 7.04. The molecule has 0 saturated carbocycles. The van der Waals surface area contributed by atoms with Crippen molar-refractivity contribution in [1.29, 1.82) is 0 Å². The lowest BCUT2D eigenvalue weighted by Gasteiger charge is -2.22. The number of carbonyl (C=O) groups excluding carboxylic acids is 2. The zero-order chi connectivity index (χ0) is 18.0. The Hall–Kier alpha value is -2.70. The smallest absolute Gasteiger partial charge is 0.319 e. The summed E-state index contributed by atoms with van der Waals surface area (Å²) < 4.78 is 1.80. The molecular formula is C18H23N5O2. The first-order valence-electron chi connectivity index (χ1n) is 8.53. The first kappa shape index (κ1) is 17.1. The van der Waals surface area contributed by atoms with E-state index < -0.39 is 0 Å². The number of nitrogens with zero attached hydrogens (tertiary/aromatic N) is 3. The van der Waals surface area contributed by atoms with Gasteiger partial charge in [-0.05, 0) is 37.1 Å². The first-order chi connectivity index (χ1) is 11.9. The minimum absolute atomic E-state index is 0.0422. The van der Waals surface area contributed by atoms with Crippen molar-refractivity contribution in [1.82, 2.24) is 20.3 Å². The molecule has 7 heteroatoms. The Bertz CT molecular complexity index is 779. The van der Waals surface area contributed by atoms with Crippen LogP contribution in [0.25, 0.3) is 0 Å². The van der Waals surface area contributed by atoms with Gasteiger partial charge in [0.15, 0.2) is 5.78 Å². The third kappa shape index (κ3) is 3.87. The third-order valence-electron chi connectivity index (χ3n) is 4.48. The molecular weight excluding hydrogens is 318 g/mol. The lowest BCUT2D eigenvalue weighted by Crippen LogP contribution is -2.41. The van der Waals surface area contributed by atoms with Crippen molar-refractivity contribution in [2.45, 2.75) is 39.2 Å². The average Bonchev–Trinajstić information content (AvgIpc) is 2.95. The largest absolute Gasteiger partial charge is 0.335 e. The fraction of sp³-hybridized carbons (Fsp3) is 0.444. The monoisotopic (exact) mass is 341 g/mol. The Morgan fingerprint density at radius 3 is 2.64 bits per heavy atom. The summed E-state index contributed by atoms with van der Waals surface area (Å²) in [7, 11) is 1.89. The van der Waals surface area contributed by atoms with Crippen LogP contribution in [0.1, 0.15) is 42.0 Å². The molecule has 0 radical (unpaired) electrons. The van der Waals surface area contributed by atoms with Crippen molar-refractivity contribution in [3.05, 3.63) is 41.2 Å². The molecule has 1 aromatic heterocycles. The second-order valence-corrected chi connectivity index (χ2v) is 6.74. The molecule has 132 valence electrons. The second-order valence-electron chi connectivity index (χ2n) is 6.74. The van der Waals surface area contributed by atoms with E-state index in [-0.39, 0.29) is 23.8 Å². The molecule has 1 heterocycles. The summed E-state index contributed by atoms with van der Waals surface area (Å²) in [6.45, 7) is 3.74. The quantitative estimate of drug-likeness (QED) is 0.835. The summed E-state index contributed by atoms with van der Waals surface area (Å²) >= 11 is 0. The first-order valence-corrected chi connectivity index (χ1v) is 8.53. The minimum Gasteiger partial charge on any atom is -0.335 e. The van der Waals surface area contributed by atoms with E-state index in [4.69, 9.17) is 0 Å². The Morgan fingerprint density at radius 1 is 1.24 bits per heavy atom. The van der Waals surface area contributed by atoms with Crippen molar-refractivity contribution in [3.8, 4) is 0 Å². The van der Waals surface area contributed by atoms with Gasteiger partial charge >= 0.3 is 6.03 Å². The summed E-state index contributed by atoms with van der Waals surface area (Å²) in [6.07, 6.45) is 2.41. The predicted octanol–water partition coefficient (Wildman–Crippen LogP) is 2.33. The molecule has 1 aliphatic rings. The molecule has 2 amide bonds. The highest BCUT2D eigenvalue weighted by Crippen LogP contribution is 2.19. The van der Waals surface area contributed by atoms with Gasteiger partial charge in [-0.25, -0.2) is 4.79 Å². The Labute approximate surface area is 146 Å². The third-order valence-corrected chi connectivity index (χ3v) is 4.48. The molecule has 0 bridgehead atoms. The van der Waals surface area contributed by atoms with Crippen molar-refractivity contribution < 1.29 is 9.59 Å². The molecule has 0 spiro atoms. The van der Waals surface area contributed by atoms with Gasteiger partial charge in [-0.2, -0.15) is 0 Å². The summed E-state index contributed by atoms with van der Waals surface area (Å²) in [4.78, 5) is 24.1. The number of benzene rings is 1. The van der Waals surface area contributed by atoms with Gasteiger partial charge in [0.05, 0.1) is 11.4 Å². The minimum atomic E-state index is -0.250. The van der Waals surface area contributed by atoms with Crippen LogP contribution in [0.3, 0.4) is 0 Å². The van der Waals surface area contributed by atoms with Gasteiger partial charge in [0.1, 0.15) is 0 Å². The Balaban J connectivity index is 1.55. The number of carbonyl (C=O) groups is 2. The summed E-state index contributed by atoms with van der Waals surface area (Å²) in [6, 6.07) is 6.77. The molecule has 0 fully saturated rings. The number of fused-ring (bicyclic) bond motifs is 1. The fourth-order valence-corrected chi connectivity index (χ4v) is 3.06. The molecule has 1 aliphatic carbocycles. The molecule has 2 N–H and O–H groups in total. The molecule has 7 nitrogen and oxygen atoms in total. The molecule has 3 rings (SSSR count). The van der Waals surface area contributed by atoms with Crippen molar-refractivity contribution in [3.63, 3.8) is 0 Å². The highest BCUT2D eigenvalue weighted by molar-refractivity contribution is 5.98. The number of hydrogen-bond acceptors (Lipinski definition) is 4. The number of hydrogen-bond donors (Lipinski definition) is 2. The van der Waals surface area contributed by atoms with E-state index in [1.165, 1.54) is 0 Å².